The van der Waals surface area contributed by atoms with E-state index in [-0.39, 0.29) is 5.56 Å². The minimum atomic E-state index is -0.162. The largest absolute Gasteiger partial charge is 0.319 e. The van der Waals surface area contributed by atoms with Crippen LogP contribution in [0.3, 0.4) is 0 Å². The summed E-state index contributed by atoms with van der Waals surface area (Å²) in [7, 11) is 0. The number of rotatable bonds is 2. The molecular formula is C14H14N2O. The van der Waals surface area contributed by atoms with Crippen molar-refractivity contribution in [2.75, 3.05) is 0 Å². The lowest BCUT2D eigenvalue weighted by molar-refractivity contribution is 0.420. The van der Waals surface area contributed by atoms with Crippen molar-refractivity contribution < 1.29 is 0 Å². The second kappa shape index (κ2) is 4.17. The lowest BCUT2D eigenvalue weighted by Crippen LogP contribution is -2.08. The molecule has 2 aromatic rings. The molecule has 1 fully saturated rings. The molecule has 1 aromatic carbocycles. The number of aromatic amines is 1. The van der Waals surface area contributed by atoms with Gasteiger partial charge in [0.1, 0.15) is 0 Å². The second-order valence-electron chi connectivity index (χ2n) is 4.56. The summed E-state index contributed by atoms with van der Waals surface area (Å²) < 4.78 is 0. The van der Waals surface area contributed by atoms with Crippen LogP contribution >= 0.6 is 0 Å². The van der Waals surface area contributed by atoms with E-state index < -0.39 is 0 Å². The van der Waals surface area contributed by atoms with Gasteiger partial charge in [0.25, 0.3) is 5.56 Å². The Morgan fingerprint density at radius 1 is 1.12 bits per heavy atom. The van der Waals surface area contributed by atoms with Gasteiger partial charge in [0, 0.05) is 0 Å². The number of aromatic nitrogens is 2. The molecule has 0 radical (unpaired) electrons. The Morgan fingerprint density at radius 2 is 1.88 bits per heavy atom. The fourth-order valence-electron chi connectivity index (χ4n) is 2.20. The normalized spacial score (nSPS) is 15.5. The minimum Gasteiger partial charge on any atom is -0.319 e. The Hall–Kier alpha value is -1.90. The molecule has 0 saturated heterocycles. The first kappa shape index (κ1) is 10.3. The molecule has 3 rings (SSSR count). The first-order valence-electron chi connectivity index (χ1n) is 5.97. The zero-order valence-corrected chi connectivity index (χ0v) is 9.52. The highest BCUT2D eigenvalue weighted by Crippen LogP contribution is 2.36. The number of nitrogens with one attached hydrogen (secondary N) is 1. The predicted octanol–water partition coefficient (Wildman–Crippen LogP) is 2.70. The van der Waals surface area contributed by atoms with Gasteiger partial charge in [0.05, 0.1) is 18.1 Å². The van der Waals surface area contributed by atoms with Gasteiger partial charge < -0.3 is 4.98 Å². The summed E-state index contributed by atoms with van der Waals surface area (Å²) in [6.07, 6.45) is 6.93. The molecule has 0 atom stereocenters. The molecule has 1 N–H and O–H groups in total. The fourth-order valence-corrected chi connectivity index (χ4v) is 2.20. The van der Waals surface area contributed by atoms with Crippen LogP contribution in [-0.2, 0) is 0 Å². The third kappa shape index (κ3) is 2.00. The zero-order chi connectivity index (χ0) is 11.7. The summed E-state index contributed by atoms with van der Waals surface area (Å²) >= 11 is 0. The lowest BCUT2D eigenvalue weighted by atomic mass is 9.80. The van der Waals surface area contributed by atoms with Gasteiger partial charge in [-0.3, -0.25) is 9.78 Å². The van der Waals surface area contributed by atoms with E-state index in [1.807, 2.05) is 0 Å². The van der Waals surface area contributed by atoms with Crippen LogP contribution in [0, 0.1) is 0 Å². The van der Waals surface area contributed by atoms with E-state index >= 15 is 0 Å². The monoisotopic (exact) mass is 226 g/mol. The highest BCUT2D eigenvalue weighted by atomic mass is 16.1. The molecule has 0 aliphatic heterocycles. The smallest absolute Gasteiger partial charge is 0.266 e. The maximum atomic E-state index is 11.2. The van der Waals surface area contributed by atoms with E-state index in [1.54, 1.807) is 6.20 Å². The van der Waals surface area contributed by atoms with Crippen molar-refractivity contribution >= 4 is 0 Å². The molecule has 17 heavy (non-hydrogen) atoms. The van der Waals surface area contributed by atoms with Gasteiger partial charge in [0.15, 0.2) is 0 Å². The Bertz CT molecular complexity index is 567. The van der Waals surface area contributed by atoms with E-state index in [4.69, 9.17) is 0 Å². The molecule has 1 aliphatic carbocycles. The van der Waals surface area contributed by atoms with Crippen molar-refractivity contribution in [3.8, 4) is 11.3 Å². The Balaban J connectivity index is 1.91. The fraction of sp³-hybridized carbons (Fsp3) is 0.286. The van der Waals surface area contributed by atoms with E-state index in [2.05, 4.69) is 34.2 Å². The number of nitrogens with zero attached hydrogens (tertiary/aromatic N) is 1. The minimum absolute atomic E-state index is 0.162. The van der Waals surface area contributed by atoms with Gasteiger partial charge in [-0.05, 0) is 29.9 Å². The average Bonchev–Trinajstić information content (AvgIpc) is 2.28. The summed E-state index contributed by atoms with van der Waals surface area (Å²) in [4.78, 5) is 17.9. The molecule has 3 heteroatoms. The molecule has 0 unspecified atom stereocenters. The molecule has 3 nitrogen and oxygen atoms in total. The van der Waals surface area contributed by atoms with E-state index in [9.17, 15) is 4.79 Å². The average molecular weight is 226 g/mol. The van der Waals surface area contributed by atoms with E-state index in [0.717, 1.165) is 17.2 Å². The third-order valence-electron chi connectivity index (χ3n) is 3.45. The van der Waals surface area contributed by atoms with Crippen LogP contribution in [0.4, 0.5) is 0 Å². The second-order valence-corrected chi connectivity index (χ2v) is 4.56. The molecule has 1 aromatic heterocycles. The van der Waals surface area contributed by atoms with Gasteiger partial charge >= 0.3 is 0 Å². The SMILES string of the molecule is O=c1cncc(-c2ccc(C3CCC3)cc2)[nH]1. The first-order chi connectivity index (χ1) is 8.33. The quantitative estimate of drug-likeness (QED) is 0.855. The Morgan fingerprint density at radius 3 is 2.47 bits per heavy atom. The Labute approximate surface area is 99.5 Å². The molecular weight excluding hydrogens is 212 g/mol. The lowest BCUT2D eigenvalue weighted by Gasteiger charge is -2.25. The predicted molar refractivity (Wildman–Crippen MR) is 66.9 cm³/mol. The van der Waals surface area contributed by atoms with Crippen LogP contribution in [0.5, 0.6) is 0 Å². The molecule has 86 valence electrons. The van der Waals surface area contributed by atoms with E-state index in [0.29, 0.717) is 0 Å². The summed E-state index contributed by atoms with van der Waals surface area (Å²) in [6.45, 7) is 0. The topological polar surface area (TPSA) is 45.8 Å². The van der Waals surface area contributed by atoms with Gasteiger partial charge in [-0.15, -0.1) is 0 Å². The van der Waals surface area contributed by atoms with Crippen molar-refractivity contribution in [3.05, 3.63) is 52.6 Å². The van der Waals surface area contributed by atoms with Crippen LogP contribution in [-0.4, -0.2) is 9.97 Å². The summed E-state index contributed by atoms with van der Waals surface area (Å²) in [5, 5.41) is 0. The van der Waals surface area contributed by atoms with Gasteiger partial charge in [-0.2, -0.15) is 0 Å². The van der Waals surface area contributed by atoms with Crippen molar-refractivity contribution in [2.24, 2.45) is 0 Å². The summed E-state index contributed by atoms with van der Waals surface area (Å²) in [6, 6.07) is 8.43. The van der Waals surface area contributed by atoms with Gasteiger partial charge in [0.2, 0.25) is 0 Å². The van der Waals surface area contributed by atoms with Crippen molar-refractivity contribution in [1.29, 1.82) is 0 Å². The third-order valence-corrected chi connectivity index (χ3v) is 3.45. The van der Waals surface area contributed by atoms with Crippen LogP contribution in [0.25, 0.3) is 11.3 Å². The number of H-pyrrole nitrogens is 1. The Kier molecular flexibility index (Phi) is 2.52. The van der Waals surface area contributed by atoms with Crippen molar-refractivity contribution in [1.82, 2.24) is 9.97 Å². The van der Waals surface area contributed by atoms with Crippen molar-refractivity contribution in [3.63, 3.8) is 0 Å². The van der Waals surface area contributed by atoms with Gasteiger partial charge in [-0.1, -0.05) is 30.7 Å². The molecule has 1 aliphatic rings. The summed E-state index contributed by atoms with van der Waals surface area (Å²) in [5.41, 5.74) is 3.03. The maximum absolute atomic E-state index is 11.2. The highest BCUT2D eigenvalue weighted by molar-refractivity contribution is 5.58. The van der Waals surface area contributed by atoms with E-state index in [1.165, 1.54) is 31.0 Å². The van der Waals surface area contributed by atoms with Crippen LogP contribution < -0.4 is 5.56 Å². The molecule has 1 saturated carbocycles. The molecule has 0 amide bonds. The van der Waals surface area contributed by atoms with Crippen LogP contribution in [0.2, 0.25) is 0 Å². The zero-order valence-electron chi connectivity index (χ0n) is 9.52. The van der Waals surface area contributed by atoms with Gasteiger partial charge in [-0.25, -0.2) is 0 Å². The summed E-state index contributed by atoms with van der Waals surface area (Å²) in [5.74, 6) is 0.747. The van der Waals surface area contributed by atoms with Crippen molar-refractivity contribution in [2.45, 2.75) is 25.2 Å². The molecule has 0 spiro atoms. The first-order valence-corrected chi connectivity index (χ1v) is 5.97. The number of hydrogen-bond acceptors (Lipinski definition) is 2. The highest BCUT2D eigenvalue weighted by Gasteiger charge is 2.18. The molecule has 0 bridgehead atoms. The molecule has 1 heterocycles. The standard InChI is InChI=1S/C14H14N2O/c17-14-9-15-8-13(16-14)12-6-4-11(5-7-12)10-2-1-3-10/h4-10H,1-3H2,(H,16,17). The van der Waals surface area contributed by atoms with Crippen LogP contribution in [0.1, 0.15) is 30.7 Å². The van der Waals surface area contributed by atoms with Crippen LogP contribution in [0.15, 0.2) is 41.5 Å². The number of hydrogen-bond donors (Lipinski definition) is 1. The number of benzene rings is 1. The maximum Gasteiger partial charge on any atom is 0.266 e.